The van der Waals surface area contributed by atoms with Crippen LogP contribution in [0.25, 0.3) is 0 Å². The molecule has 3 aliphatic rings. The fourth-order valence-electron chi connectivity index (χ4n) is 4.04. The van der Waals surface area contributed by atoms with Gasteiger partial charge in [-0.3, -0.25) is 4.79 Å². The summed E-state index contributed by atoms with van der Waals surface area (Å²) < 4.78 is 5.48. The van der Waals surface area contributed by atoms with Gasteiger partial charge in [0, 0.05) is 52.8 Å². The molecule has 3 aliphatic heterocycles. The van der Waals surface area contributed by atoms with Crippen LogP contribution in [0.3, 0.4) is 0 Å². The van der Waals surface area contributed by atoms with Crippen LogP contribution in [-0.2, 0) is 9.53 Å². The first-order valence-electron chi connectivity index (χ1n) is 10.2. The summed E-state index contributed by atoms with van der Waals surface area (Å²) in [6, 6.07) is 0. The molecule has 0 spiro atoms. The molecule has 0 saturated carbocycles. The lowest BCUT2D eigenvalue weighted by Crippen LogP contribution is -2.43. The first-order valence-corrected chi connectivity index (χ1v) is 10.2. The highest BCUT2D eigenvalue weighted by Crippen LogP contribution is 2.20. The predicted molar refractivity (Wildman–Crippen MR) is 103 cm³/mol. The Kier molecular flexibility index (Phi) is 7.14. The molecule has 0 aliphatic carbocycles. The van der Waals surface area contributed by atoms with Gasteiger partial charge in [0.25, 0.3) is 0 Å². The second-order valence-corrected chi connectivity index (χ2v) is 8.15. The molecule has 3 fully saturated rings. The average molecular weight is 366 g/mol. The minimum absolute atomic E-state index is 0.0429. The van der Waals surface area contributed by atoms with Crippen LogP contribution >= 0.6 is 0 Å². The number of nitrogens with one attached hydrogen (secondary N) is 1. The number of nitrogens with zero attached hydrogens (tertiary/aromatic N) is 4. The first kappa shape index (κ1) is 19.4. The number of aliphatic imine (C=N–C) groups is 1. The number of ether oxygens (including phenoxy) is 1. The van der Waals surface area contributed by atoms with E-state index in [9.17, 15) is 4.79 Å². The topological polar surface area (TPSA) is 60.4 Å². The Labute approximate surface area is 157 Å². The van der Waals surface area contributed by atoms with Gasteiger partial charge < -0.3 is 24.8 Å². The molecule has 0 aromatic heterocycles. The molecule has 0 radical (unpaired) electrons. The Bertz CT molecular complexity index is 484. The molecule has 0 bridgehead atoms. The molecular weight excluding hydrogens is 330 g/mol. The van der Waals surface area contributed by atoms with Crippen molar-refractivity contribution in [2.24, 2.45) is 16.8 Å². The second kappa shape index (κ2) is 9.55. The van der Waals surface area contributed by atoms with Gasteiger partial charge in [0.2, 0.25) is 5.91 Å². The van der Waals surface area contributed by atoms with Crippen molar-refractivity contribution < 1.29 is 9.53 Å². The van der Waals surface area contributed by atoms with Gasteiger partial charge >= 0.3 is 0 Å². The zero-order chi connectivity index (χ0) is 18.4. The van der Waals surface area contributed by atoms with Gasteiger partial charge in [-0.25, -0.2) is 4.99 Å². The highest BCUT2D eigenvalue weighted by atomic mass is 16.5. The first-order chi connectivity index (χ1) is 12.6. The van der Waals surface area contributed by atoms with Crippen LogP contribution in [0.2, 0.25) is 0 Å². The summed E-state index contributed by atoms with van der Waals surface area (Å²) >= 11 is 0. The Hall–Kier alpha value is -1.34. The van der Waals surface area contributed by atoms with Crippen LogP contribution in [0.15, 0.2) is 4.99 Å². The summed E-state index contributed by atoms with van der Waals surface area (Å²) in [4.78, 5) is 23.2. The van der Waals surface area contributed by atoms with Gasteiger partial charge in [0.05, 0.1) is 6.61 Å². The van der Waals surface area contributed by atoms with E-state index in [1.807, 2.05) is 0 Å². The van der Waals surface area contributed by atoms with E-state index in [0.29, 0.717) is 11.8 Å². The van der Waals surface area contributed by atoms with Crippen LogP contribution < -0.4 is 5.32 Å². The molecule has 2 atom stereocenters. The molecule has 0 aromatic rings. The van der Waals surface area contributed by atoms with E-state index in [4.69, 9.17) is 4.74 Å². The van der Waals surface area contributed by atoms with E-state index in [0.717, 1.165) is 45.2 Å². The van der Waals surface area contributed by atoms with E-state index in [2.05, 4.69) is 20.1 Å². The van der Waals surface area contributed by atoms with E-state index < -0.39 is 0 Å². The summed E-state index contributed by atoms with van der Waals surface area (Å²) in [5.41, 5.74) is 0. The third-order valence-corrected chi connectivity index (χ3v) is 5.74. The minimum atomic E-state index is 0.0429. The van der Waals surface area contributed by atoms with Gasteiger partial charge in [-0.2, -0.15) is 0 Å². The lowest BCUT2D eigenvalue weighted by Gasteiger charge is -2.24. The number of amides is 1. The van der Waals surface area contributed by atoms with Crippen molar-refractivity contribution in [2.45, 2.75) is 25.7 Å². The zero-order valence-corrected chi connectivity index (χ0v) is 16.5. The fourth-order valence-corrected chi connectivity index (χ4v) is 4.04. The highest BCUT2D eigenvalue weighted by Gasteiger charge is 2.28. The summed E-state index contributed by atoms with van der Waals surface area (Å²) in [7, 11) is 3.56. The van der Waals surface area contributed by atoms with Crippen molar-refractivity contribution in [3.63, 3.8) is 0 Å². The Morgan fingerprint density at radius 3 is 2.69 bits per heavy atom. The lowest BCUT2D eigenvalue weighted by molar-refractivity contribution is -0.127. The molecule has 3 saturated heterocycles. The van der Waals surface area contributed by atoms with Crippen molar-refractivity contribution in [1.29, 1.82) is 0 Å². The molecule has 7 nitrogen and oxygen atoms in total. The normalized spacial score (nSPS) is 27.3. The van der Waals surface area contributed by atoms with E-state index in [1.54, 1.807) is 19.0 Å². The Morgan fingerprint density at radius 2 is 2.00 bits per heavy atom. The molecule has 1 amide bonds. The smallest absolute Gasteiger partial charge is 0.243 e. The van der Waals surface area contributed by atoms with Crippen LogP contribution in [0, 0.1) is 11.8 Å². The summed E-state index contributed by atoms with van der Waals surface area (Å²) in [6.07, 6.45) is 5.02. The maximum atomic E-state index is 12.0. The van der Waals surface area contributed by atoms with Crippen LogP contribution in [0.1, 0.15) is 25.7 Å². The number of hydrogen-bond donors (Lipinski definition) is 1. The van der Waals surface area contributed by atoms with Gasteiger partial charge in [0.1, 0.15) is 6.54 Å². The Balaban J connectivity index is 1.54. The van der Waals surface area contributed by atoms with E-state index >= 15 is 0 Å². The lowest BCUT2D eigenvalue weighted by atomic mass is 10.1. The van der Waals surface area contributed by atoms with Gasteiger partial charge in [0.15, 0.2) is 5.96 Å². The Morgan fingerprint density at radius 1 is 1.19 bits per heavy atom. The number of guanidine groups is 1. The van der Waals surface area contributed by atoms with Crippen molar-refractivity contribution in [3.05, 3.63) is 0 Å². The molecule has 1 N–H and O–H groups in total. The van der Waals surface area contributed by atoms with Crippen molar-refractivity contribution in [1.82, 2.24) is 20.0 Å². The van der Waals surface area contributed by atoms with Gasteiger partial charge in [-0.05, 0) is 44.7 Å². The van der Waals surface area contributed by atoms with Crippen molar-refractivity contribution >= 4 is 11.9 Å². The number of carbonyl (C=O) groups excluding carboxylic acids is 1. The second-order valence-electron chi connectivity index (χ2n) is 8.15. The van der Waals surface area contributed by atoms with Crippen LogP contribution in [-0.4, -0.2) is 99.7 Å². The van der Waals surface area contributed by atoms with Gasteiger partial charge in [-0.15, -0.1) is 0 Å². The number of likely N-dealkylation sites (N-methyl/N-ethyl adjacent to an activating group) is 1. The average Bonchev–Trinajstić information content (AvgIpc) is 3.37. The summed E-state index contributed by atoms with van der Waals surface area (Å²) in [5.74, 6) is 2.20. The zero-order valence-electron chi connectivity index (χ0n) is 16.5. The minimum Gasteiger partial charge on any atom is -0.381 e. The maximum absolute atomic E-state index is 12.0. The van der Waals surface area contributed by atoms with E-state index in [1.165, 1.54) is 38.9 Å². The van der Waals surface area contributed by atoms with Gasteiger partial charge in [-0.1, -0.05) is 0 Å². The summed E-state index contributed by atoms with van der Waals surface area (Å²) in [5, 5.41) is 3.52. The number of hydrogen-bond acceptors (Lipinski definition) is 4. The largest absolute Gasteiger partial charge is 0.381 e. The third kappa shape index (κ3) is 5.58. The highest BCUT2D eigenvalue weighted by molar-refractivity contribution is 5.85. The molecule has 3 rings (SSSR count). The third-order valence-electron chi connectivity index (χ3n) is 5.74. The van der Waals surface area contributed by atoms with Crippen LogP contribution in [0.5, 0.6) is 0 Å². The van der Waals surface area contributed by atoms with Crippen molar-refractivity contribution in [3.8, 4) is 0 Å². The SMILES string of the molecule is CN(C)C(=O)CN=C(NCC1CCOC1)N1CCC(CN2CCCC2)C1. The number of likely N-dealkylation sites (tertiary alicyclic amines) is 2. The van der Waals surface area contributed by atoms with Crippen molar-refractivity contribution in [2.75, 3.05) is 73.1 Å². The molecule has 26 heavy (non-hydrogen) atoms. The summed E-state index contributed by atoms with van der Waals surface area (Å²) in [6.45, 7) is 8.57. The quantitative estimate of drug-likeness (QED) is 0.548. The molecule has 0 aromatic carbocycles. The number of rotatable bonds is 6. The molecular formula is C19H35N5O2. The molecule has 3 heterocycles. The molecule has 148 valence electrons. The predicted octanol–water partition coefficient (Wildman–Crippen LogP) is 0.474. The molecule has 7 heteroatoms. The van der Waals surface area contributed by atoms with E-state index in [-0.39, 0.29) is 12.5 Å². The number of carbonyl (C=O) groups is 1. The maximum Gasteiger partial charge on any atom is 0.243 e. The monoisotopic (exact) mass is 365 g/mol. The fraction of sp³-hybridized carbons (Fsp3) is 0.895. The van der Waals surface area contributed by atoms with Crippen LogP contribution in [0.4, 0.5) is 0 Å². The standard InChI is InChI=1S/C19H35N5O2/c1-22(2)18(25)12-21-19(20-11-16-6-10-26-15-16)24-9-5-17(14-24)13-23-7-3-4-8-23/h16-17H,3-15H2,1-2H3,(H,20,21). The molecule has 2 unspecified atom stereocenters.